The number of piperazine rings is 1. The number of amides is 2. The molecule has 0 unspecified atom stereocenters. The van der Waals surface area contributed by atoms with E-state index >= 15 is 0 Å². The summed E-state index contributed by atoms with van der Waals surface area (Å²) in [7, 11) is 0. The summed E-state index contributed by atoms with van der Waals surface area (Å²) in [6.07, 6.45) is 3.48. The molecule has 27 heavy (non-hydrogen) atoms. The van der Waals surface area contributed by atoms with E-state index in [2.05, 4.69) is 25.2 Å². The van der Waals surface area contributed by atoms with Crippen LogP contribution < -0.4 is 10.2 Å². The molecular weight excluding hydrogens is 347 g/mol. The number of carbonyl (C=O) groups is 1. The Hall–Kier alpha value is -3.16. The minimum atomic E-state index is -0.327. The minimum Gasteiger partial charge on any atom is -0.352 e. The summed E-state index contributed by atoms with van der Waals surface area (Å²) in [5.74, 6) is 0.562. The monoisotopic (exact) mass is 368 g/mol. The van der Waals surface area contributed by atoms with Crippen molar-refractivity contribution in [2.24, 2.45) is 0 Å². The number of H-pyrrole nitrogens is 1. The van der Waals surface area contributed by atoms with Crippen LogP contribution in [-0.2, 0) is 0 Å². The van der Waals surface area contributed by atoms with Gasteiger partial charge in [-0.1, -0.05) is 6.07 Å². The van der Waals surface area contributed by atoms with Crippen molar-refractivity contribution in [2.45, 2.75) is 13.8 Å². The number of anilines is 2. The molecule has 0 spiro atoms. The minimum absolute atomic E-state index is 0.219. The van der Waals surface area contributed by atoms with Gasteiger partial charge >= 0.3 is 6.03 Å². The topological polar surface area (TPSA) is 77.2 Å². The molecule has 1 fully saturated rings. The molecule has 1 saturated heterocycles. The fourth-order valence-electron chi connectivity index (χ4n) is 3.33. The SMILES string of the molecule is Cc1ccc(NC(=O)N2CCN(c3ncnc4[nH]cc(C)c34)CC2)cc1F. The highest BCUT2D eigenvalue weighted by Crippen LogP contribution is 2.26. The Morgan fingerprint density at radius 3 is 2.67 bits per heavy atom. The zero-order valence-electron chi connectivity index (χ0n) is 15.3. The van der Waals surface area contributed by atoms with Gasteiger partial charge in [-0.2, -0.15) is 0 Å². The van der Waals surface area contributed by atoms with Crippen molar-refractivity contribution in [1.29, 1.82) is 0 Å². The smallest absolute Gasteiger partial charge is 0.321 e. The van der Waals surface area contributed by atoms with Gasteiger partial charge in [0.05, 0.1) is 5.39 Å². The third kappa shape index (κ3) is 3.30. The molecule has 0 saturated carbocycles. The van der Waals surface area contributed by atoms with Crippen LogP contribution in [0.5, 0.6) is 0 Å². The molecule has 2 aromatic heterocycles. The number of fused-ring (bicyclic) bond motifs is 1. The highest BCUT2D eigenvalue weighted by molar-refractivity contribution is 5.91. The zero-order valence-corrected chi connectivity index (χ0v) is 15.3. The molecule has 2 N–H and O–H groups in total. The summed E-state index contributed by atoms with van der Waals surface area (Å²) >= 11 is 0. The molecule has 7 nitrogen and oxygen atoms in total. The van der Waals surface area contributed by atoms with E-state index in [1.165, 1.54) is 6.07 Å². The lowest BCUT2D eigenvalue weighted by Crippen LogP contribution is -2.50. The fourth-order valence-corrected chi connectivity index (χ4v) is 3.33. The van der Waals surface area contributed by atoms with E-state index in [4.69, 9.17) is 0 Å². The van der Waals surface area contributed by atoms with Crippen LogP contribution in [0.3, 0.4) is 0 Å². The third-order valence-electron chi connectivity index (χ3n) is 4.94. The number of hydrogen-bond acceptors (Lipinski definition) is 4. The summed E-state index contributed by atoms with van der Waals surface area (Å²) < 4.78 is 13.7. The second kappa shape index (κ2) is 6.86. The average Bonchev–Trinajstić information content (AvgIpc) is 3.06. The zero-order chi connectivity index (χ0) is 19.0. The summed E-state index contributed by atoms with van der Waals surface area (Å²) in [6.45, 7) is 6.19. The molecule has 3 heterocycles. The summed E-state index contributed by atoms with van der Waals surface area (Å²) in [5, 5.41) is 3.79. The molecule has 1 aromatic carbocycles. The van der Waals surface area contributed by atoms with Gasteiger partial charge in [0, 0.05) is 38.1 Å². The van der Waals surface area contributed by atoms with Gasteiger partial charge in [-0.3, -0.25) is 0 Å². The Kier molecular flexibility index (Phi) is 4.39. The van der Waals surface area contributed by atoms with Crippen molar-refractivity contribution < 1.29 is 9.18 Å². The largest absolute Gasteiger partial charge is 0.352 e. The number of carbonyl (C=O) groups excluding carboxylic acids is 1. The van der Waals surface area contributed by atoms with Crippen molar-refractivity contribution in [2.75, 3.05) is 36.4 Å². The molecule has 1 aliphatic heterocycles. The van der Waals surface area contributed by atoms with E-state index in [1.54, 1.807) is 30.3 Å². The average molecular weight is 368 g/mol. The van der Waals surface area contributed by atoms with E-state index in [9.17, 15) is 9.18 Å². The quantitative estimate of drug-likeness (QED) is 0.729. The number of aromatic nitrogens is 3. The second-order valence-corrected chi connectivity index (χ2v) is 6.76. The summed E-state index contributed by atoms with van der Waals surface area (Å²) in [4.78, 5) is 28.2. The molecule has 4 rings (SSSR count). The molecule has 2 amide bonds. The first-order valence-electron chi connectivity index (χ1n) is 8.88. The van der Waals surface area contributed by atoms with Crippen LogP contribution in [0.15, 0.2) is 30.7 Å². The van der Waals surface area contributed by atoms with Gasteiger partial charge in [0.2, 0.25) is 0 Å². The Morgan fingerprint density at radius 2 is 1.93 bits per heavy atom. The number of aromatic amines is 1. The van der Waals surface area contributed by atoms with E-state index in [1.807, 2.05) is 13.1 Å². The maximum Gasteiger partial charge on any atom is 0.321 e. The summed E-state index contributed by atoms with van der Waals surface area (Å²) in [5.41, 5.74) is 2.94. The van der Waals surface area contributed by atoms with Crippen molar-refractivity contribution in [1.82, 2.24) is 19.9 Å². The molecule has 0 bridgehead atoms. The number of halogens is 1. The third-order valence-corrected chi connectivity index (χ3v) is 4.94. The Morgan fingerprint density at radius 1 is 1.15 bits per heavy atom. The first-order chi connectivity index (χ1) is 13.0. The molecule has 1 aliphatic rings. The Balaban J connectivity index is 1.43. The number of benzene rings is 1. The molecule has 0 aliphatic carbocycles. The van der Waals surface area contributed by atoms with Crippen LogP contribution in [0.4, 0.5) is 20.7 Å². The maximum atomic E-state index is 13.7. The van der Waals surface area contributed by atoms with Crippen molar-refractivity contribution >= 4 is 28.6 Å². The lowest BCUT2D eigenvalue weighted by molar-refractivity contribution is 0.208. The van der Waals surface area contributed by atoms with Crippen LogP contribution in [-0.4, -0.2) is 52.1 Å². The van der Waals surface area contributed by atoms with Gasteiger partial charge in [0.15, 0.2) is 0 Å². The Labute approximate surface area is 156 Å². The lowest BCUT2D eigenvalue weighted by atomic mass is 10.2. The van der Waals surface area contributed by atoms with Crippen molar-refractivity contribution in [3.05, 3.63) is 47.7 Å². The van der Waals surface area contributed by atoms with Crippen LogP contribution in [0.25, 0.3) is 11.0 Å². The number of nitrogens with one attached hydrogen (secondary N) is 2. The normalized spacial score (nSPS) is 14.6. The lowest BCUT2D eigenvalue weighted by Gasteiger charge is -2.35. The fraction of sp³-hybridized carbons (Fsp3) is 0.316. The number of urea groups is 1. The number of rotatable bonds is 2. The highest BCUT2D eigenvalue weighted by atomic mass is 19.1. The number of hydrogen-bond donors (Lipinski definition) is 2. The van der Waals surface area contributed by atoms with E-state index in [-0.39, 0.29) is 11.8 Å². The van der Waals surface area contributed by atoms with E-state index in [0.717, 1.165) is 22.4 Å². The molecule has 3 aromatic rings. The summed E-state index contributed by atoms with van der Waals surface area (Å²) in [6, 6.07) is 4.49. The van der Waals surface area contributed by atoms with Crippen LogP contribution in [0, 0.1) is 19.7 Å². The first-order valence-corrected chi connectivity index (χ1v) is 8.88. The van der Waals surface area contributed by atoms with Crippen molar-refractivity contribution in [3.8, 4) is 0 Å². The number of aryl methyl sites for hydroxylation is 2. The first kappa shape index (κ1) is 17.3. The molecular formula is C19H21FN6O. The van der Waals surface area contributed by atoms with Gasteiger partial charge in [-0.05, 0) is 37.1 Å². The highest BCUT2D eigenvalue weighted by Gasteiger charge is 2.24. The standard InChI is InChI=1S/C19H21FN6O/c1-12-3-4-14(9-15(12)20)24-19(27)26-7-5-25(6-8-26)18-16-13(2)10-21-17(16)22-11-23-18/h3-4,9-11H,5-8H2,1-2H3,(H,24,27)(H,21,22,23). The predicted octanol–water partition coefficient (Wildman–Crippen LogP) is 3.07. The number of nitrogens with zero attached hydrogens (tertiary/aromatic N) is 4. The molecule has 0 atom stereocenters. The van der Waals surface area contributed by atoms with Gasteiger partial charge in [0.1, 0.15) is 23.6 Å². The van der Waals surface area contributed by atoms with Crippen LogP contribution in [0.2, 0.25) is 0 Å². The van der Waals surface area contributed by atoms with Gasteiger partial charge in [-0.25, -0.2) is 19.2 Å². The van der Waals surface area contributed by atoms with Gasteiger partial charge in [-0.15, -0.1) is 0 Å². The van der Waals surface area contributed by atoms with Gasteiger partial charge in [0.25, 0.3) is 0 Å². The van der Waals surface area contributed by atoms with E-state index < -0.39 is 0 Å². The predicted molar refractivity (Wildman–Crippen MR) is 103 cm³/mol. The molecule has 140 valence electrons. The Bertz CT molecular complexity index is 993. The van der Waals surface area contributed by atoms with Crippen LogP contribution in [0.1, 0.15) is 11.1 Å². The van der Waals surface area contributed by atoms with E-state index in [0.29, 0.717) is 37.4 Å². The van der Waals surface area contributed by atoms with Crippen molar-refractivity contribution in [3.63, 3.8) is 0 Å². The van der Waals surface area contributed by atoms with Gasteiger partial charge < -0.3 is 20.1 Å². The maximum absolute atomic E-state index is 13.7. The van der Waals surface area contributed by atoms with Crippen LogP contribution >= 0.6 is 0 Å². The second-order valence-electron chi connectivity index (χ2n) is 6.76. The molecule has 0 radical (unpaired) electrons. The molecule has 8 heteroatoms.